The fraction of sp³-hybridized carbons (Fsp3) is 0.667. The van der Waals surface area contributed by atoms with Gasteiger partial charge in [-0.3, -0.25) is 0 Å². The first-order valence-corrected chi connectivity index (χ1v) is 8.14. The van der Waals surface area contributed by atoms with Crippen molar-refractivity contribution >= 4 is 0 Å². The van der Waals surface area contributed by atoms with E-state index in [-0.39, 0.29) is 0 Å². The highest BCUT2D eigenvalue weighted by Crippen LogP contribution is 2.38. The second-order valence-electron chi connectivity index (χ2n) is 5.96. The molecule has 20 heavy (non-hydrogen) atoms. The first-order valence-electron chi connectivity index (χ1n) is 8.14. The van der Waals surface area contributed by atoms with Crippen LogP contribution in [-0.4, -0.2) is 25.8 Å². The van der Waals surface area contributed by atoms with Crippen molar-refractivity contribution in [3.8, 4) is 0 Å². The molecule has 3 atom stereocenters. The summed E-state index contributed by atoms with van der Waals surface area (Å²) in [5.74, 6) is 0.718. The molecule has 1 N–H and O–H groups in total. The number of fused-ring (bicyclic) bond motifs is 1. The molecule has 0 saturated heterocycles. The Hall–Kier alpha value is -0.860. The van der Waals surface area contributed by atoms with E-state index in [4.69, 9.17) is 4.74 Å². The van der Waals surface area contributed by atoms with Crippen molar-refractivity contribution in [3.63, 3.8) is 0 Å². The summed E-state index contributed by atoms with van der Waals surface area (Å²) >= 11 is 0. The number of benzene rings is 1. The molecule has 0 bridgehead atoms. The number of methoxy groups -OCH3 is 1. The second-order valence-corrected chi connectivity index (χ2v) is 5.96. The zero-order valence-corrected chi connectivity index (χ0v) is 13.2. The molecule has 0 fully saturated rings. The van der Waals surface area contributed by atoms with Gasteiger partial charge < -0.3 is 10.1 Å². The quantitative estimate of drug-likeness (QED) is 0.738. The largest absolute Gasteiger partial charge is 0.380 e. The maximum atomic E-state index is 5.74. The number of hydrogen-bond acceptors (Lipinski definition) is 2. The smallest absolute Gasteiger partial charge is 0.0724 e. The third kappa shape index (κ3) is 3.62. The average Bonchev–Trinajstić information content (AvgIpc) is 2.46. The second kappa shape index (κ2) is 7.80. The zero-order valence-electron chi connectivity index (χ0n) is 13.2. The predicted octanol–water partition coefficient (Wildman–Crippen LogP) is 3.90. The van der Waals surface area contributed by atoms with E-state index in [2.05, 4.69) is 43.4 Å². The summed E-state index contributed by atoms with van der Waals surface area (Å²) < 4.78 is 5.74. The molecule has 2 rings (SSSR count). The maximum Gasteiger partial charge on any atom is 0.0724 e. The van der Waals surface area contributed by atoms with Gasteiger partial charge in [0.05, 0.1) is 6.10 Å². The Morgan fingerprint density at radius 1 is 1.25 bits per heavy atom. The molecule has 112 valence electrons. The van der Waals surface area contributed by atoms with Gasteiger partial charge in [0.25, 0.3) is 0 Å². The van der Waals surface area contributed by atoms with Crippen molar-refractivity contribution < 1.29 is 4.74 Å². The van der Waals surface area contributed by atoms with E-state index in [1.165, 1.54) is 31.2 Å². The summed E-state index contributed by atoms with van der Waals surface area (Å²) in [6, 6.07) is 9.36. The van der Waals surface area contributed by atoms with Gasteiger partial charge in [-0.05, 0) is 49.3 Å². The first-order chi connectivity index (χ1) is 9.80. The van der Waals surface area contributed by atoms with Crippen LogP contribution in [0.1, 0.15) is 56.6 Å². The number of hydrogen-bond donors (Lipinski definition) is 1. The van der Waals surface area contributed by atoms with Crippen LogP contribution in [-0.2, 0) is 11.2 Å². The minimum atomic E-state index is 0.347. The summed E-state index contributed by atoms with van der Waals surface area (Å²) in [5, 5.41) is 3.71. The van der Waals surface area contributed by atoms with Crippen molar-refractivity contribution in [2.75, 3.05) is 13.7 Å². The third-order valence-electron chi connectivity index (χ3n) is 4.48. The summed E-state index contributed by atoms with van der Waals surface area (Å²) in [5.41, 5.74) is 3.10. The molecule has 2 nitrogen and oxygen atoms in total. The highest BCUT2D eigenvalue weighted by atomic mass is 16.5. The van der Waals surface area contributed by atoms with E-state index >= 15 is 0 Å². The van der Waals surface area contributed by atoms with Gasteiger partial charge in [-0.15, -0.1) is 0 Å². The molecule has 1 aliphatic carbocycles. The van der Waals surface area contributed by atoms with Crippen molar-refractivity contribution in [2.45, 2.75) is 64.0 Å². The molecule has 1 aliphatic rings. The Morgan fingerprint density at radius 2 is 2.05 bits per heavy atom. The van der Waals surface area contributed by atoms with Crippen molar-refractivity contribution in [3.05, 3.63) is 35.4 Å². The van der Waals surface area contributed by atoms with E-state index < -0.39 is 0 Å². The van der Waals surface area contributed by atoms with Crippen molar-refractivity contribution in [1.29, 1.82) is 0 Å². The molecular formula is C18H29NO. The highest BCUT2D eigenvalue weighted by Gasteiger charge is 2.30. The van der Waals surface area contributed by atoms with Gasteiger partial charge in [0, 0.05) is 13.2 Å². The molecule has 3 unspecified atom stereocenters. The van der Waals surface area contributed by atoms with Crippen LogP contribution in [0, 0.1) is 0 Å². The summed E-state index contributed by atoms with van der Waals surface area (Å²) in [7, 11) is 1.86. The van der Waals surface area contributed by atoms with E-state index in [0.717, 1.165) is 18.9 Å². The first kappa shape index (κ1) is 15.5. The lowest BCUT2D eigenvalue weighted by Gasteiger charge is -2.36. The molecule has 0 heterocycles. The van der Waals surface area contributed by atoms with Crippen molar-refractivity contribution in [1.82, 2.24) is 5.32 Å². The Balaban J connectivity index is 1.97. The molecule has 0 amide bonds. The van der Waals surface area contributed by atoms with Gasteiger partial charge in [-0.1, -0.05) is 44.5 Å². The number of rotatable bonds is 9. The monoisotopic (exact) mass is 275 g/mol. The predicted molar refractivity (Wildman–Crippen MR) is 85.3 cm³/mol. The average molecular weight is 275 g/mol. The third-order valence-corrected chi connectivity index (χ3v) is 4.48. The van der Waals surface area contributed by atoms with Gasteiger partial charge >= 0.3 is 0 Å². The van der Waals surface area contributed by atoms with Crippen LogP contribution in [0.4, 0.5) is 0 Å². The van der Waals surface area contributed by atoms with Crippen LogP contribution in [0.2, 0.25) is 0 Å². The van der Waals surface area contributed by atoms with E-state index in [9.17, 15) is 0 Å². The van der Waals surface area contributed by atoms with Crippen LogP contribution in [0.25, 0.3) is 0 Å². The van der Waals surface area contributed by atoms with Gasteiger partial charge in [0.1, 0.15) is 0 Å². The molecule has 0 radical (unpaired) electrons. The van der Waals surface area contributed by atoms with E-state index in [0.29, 0.717) is 12.1 Å². The zero-order chi connectivity index (χ0) is 14.4. The molecular weight excluding hydrogens is 246 g/mol. The van der Waals surface area contributed by atoms with Crippen LogP contribution in [0.15, 0.2) is 24.3 Å². The Labute approximate surface area is 123 Å². The van der Waals surface area contributed by atoms with Gasteiger partial charge in [0.15, 0.2) is 0 Å². The molecule has 2 heteroatoms. The van der Waals surface area contributed by atoms with Crippen molar-refractivity contribution in [2.24, 2.45) is 0 Å². The lowest BCUT2D eigenvalue weighted by atomic mass is 9.73. The van der Waals surface area contributed by atoms with Gasteiger partial charge in [-0.2, -0.15) is 0 Å². The summed E-state index contributed by atoms with van der Waals surface area (Å²) in [4.78, 5) is 0. The fourth-order valence-electron chi connectivity index (χ4n) is 3.34. The number of nitrogens with one attached hydrogen (secondary N) is 1. The highest BCUT2D eigenvalue weighted by molar-refractivity contribution is 5.39. The number of ether oxygens (including phenoxy) is 1. The standard InChI is InChI=1S/C18H29NO/c1-4-8-18(20-3)17(19-11-5-2)13-15-12-14-9-6-7-10-16(14)15/h6-7,9-10,15,17-19H,4-5,8,11-13H2,1-3H3. The van der Waals surface area contributed by atoms with E-state index in [1.54, 1.807) is 5.56 Å². The summed E-state index contributed by atoms with van der Waals surface area (Å²) in [6.07, 6.45) is 6.30. The van der Waals surface area contributed by atoms with Gasteiger partial charge in [0.2, 0.25) is 0 Å². The van der Waals surface area contributed by atoms with E-state index in [1.807, 2.05) is 7.11 Å². The SMILES string of the molecule is CCCNC(CC1Cc2ccccc21)C(CCC)OC. The molecule has 0 saturated carbocycles. The lowest BCUT2D eigenvalue weighted by Crippen LogP contribution is -2.43. The van der Waals surface area contributed by atoms with Gasteiger partial charge in [-0.25, -0.2) is 0 Å². The Morgan fingerprint density at radius 3 is 2.70 bits per heavy atom. The lowest BCUT2D eigenvalue weighted by molar-refractivity contribution is 0.0549. The summed E-state index contributed by atoms with van der Waals surface area (Å²) in [6.45, 7) is 5.55. The topological polar surface area (TPSA) is 21.3 Å². The van der Waals surface area contributed by atoms with Crippen LogP contribution >= 0.6 is 0 Å². The molecule has 0 aromatic heterocycles. The minimum Gasteiger partial charge on any atom is -0.380 e. The van der Waals surface area contributed by atoms with Crippen LogP contribution in [0.5, 0.6) is 0 Å². The molecule has 0 aliphatic heterocycles. The van der Waals surface area contributed by atoms with Crippen LogP contribution < -0.4 is 5.32 Å². The van der Waals surface area contributed by atoms with Crippen LogP contribution in [0.3, 0.4) is 0 Å². The molecule has 0 spiro atoms. The normalized spacial score (nSPS) is 20.1. The fourth-order valence-corrected chi connectivity index (χ4v) is 3.34. The minimum absolute atomic E-state index is 0.347. The Kier molecular flexibility index (Phi) is 6.06. The maximum absolute atomic E-state index is 5.74. The Bertz CT molecular complexity index is 404. The molecule has 1 aromatic carbocycles. The molecule has 1 aromatic rings.